The van der Waals surface area contributed by atoms with Crippen LogP contribution in [0.4, 0.5) is 11.4 Å². The predicted molar refractivity (Wildman–Crippen MR) is 269 cm³/mol. The van der Waals surface area contributed by atoms with Crippen molar-refractivity contribution in [2.75, 3.05) is 57.9 Å². The maximum absolute atomic E-state index is 14.6. The highest BCUT2D eigenvalue weighted by Gasteiger charge is 2.32. The Bertz CT molecular complexity index is 2830. The van der Waals surface area contributed by atoms with Gasteiger partial charge in [0.25, 0.3) is 5.91 Å². The average Bonchev–Trinajstić information content (AvgIpc) is 3.83. The van der Waals surface area contributed by atoms with Gasteiger partial charge in [0.05, 0.1) is 31.4 Å². The lowest BCUT2D eigenvalue weighted by Crippen LogP contribution is -2.43. The number of rotatable bonds is 11. The Balaban J connectivity index is 0.000000299. The molecule has 1 fully saturated rings. The number of ether oxygens (including phenoxy) is 2. The summed E-state index contributed by atoms with van der Waals surface area (Å²) >= 11 is 0. The van der Waals surface area contributed by atoms with Crippen molar-refractivity contribution in [2.24, 2.45) is 14.1 Å². The van der Waals surface area contributed by atoms with Crippen LogP contribution in [0.5, 0.6) is 11.5 Å². The minimum Gasteiger partial charge on any atom is -0.508 e. The standard InChI is InChI=1S/C42H50N4O5.C14H15N3O/c1-28-21-32-7-5-6-8-34(32)27-46(28)42(49)39-24-35-26-45(14-13-33(35)23-38(39)40-25-37(30(3)47)29(2)43(40)4)41(48)22-31-9-11-36(12-10-31)51-20-17-44-15-18-50-19-16-44;1-10-14(8-12(9-15)16(10)2)17(3)11-4-6-13(18)7-5-11/h5-12,23-25,28,30,47H,13-22,26-27H2,1-4H3;4-8,18H,1-3H3. The number of carbonyl (C=O) groups excluding carboxylic acids is 2. The molecule has 0 bridgehead atoms. The number of aromatic hydroxyl groups is 1. The highest BCUT2D eigenvalue weighted by Crippen LogP contribution is 2.37. The lowest BCUT2D eigenvalue weighted by atomic mass is 9.89. The third-order valence-corrected chi connectivity index (χ3v) is 14.3. The zero-order valence-electron chi connectivity index (χ0n) is 41.0. The van der Waals surface area contributed by atoms with Gasteiger partial charge in [0, 0.05) is 106 Å². The molecule has 2 amide bonds. The second kappa shape index (κ2) is 21.2. The number of benzene rings is 4. The van der Waals surface area contributed by atoms with Crippen molar-refractivity contribution in [2.45, 2.75) is 72.2 Å². The number of morpholine rings is 1. The lowest BCUT2D eigenvalue weighted by molar-refractivity contribution is -0.131. The number of aliphatic hydroxyl groups is 1. The molecule has 13 heteroatoms. The minimum absolute atomic E-state index is 0.0112. The van der Waals surface area contributed by atoms with E-state index in [1.807, 2.05) is 115 Å². The van der Waals surface area contributed by atoms with E-state index in [9.17, 15) is 19.8 Å². The third-order valence-electron chi connectivity index (χ3n) is 14.3. The summed E-state index contributed by atoms with van der Waals surface area (Å²) in [6.45, 7) is 14.4. The number of aliphatic hydroxyl groups excluding tert-OH is 1. The molecule has 9 rings (SSSR count). The van der Waals surface area contributed by atoms with Crippen LogP contribution in [0.25, 0.3) is 11.3 Å². The second-order valence-corrected chi connectivity index (χ2v) is 18.7. The van der Waals surface area contributed by atoms with Gasteiger partial charge in [-0.25, -0.2) is 0 Å². The number of hydrogen-bond acceptors (Lipinski definition) is 9. The van der Waals surface area contributed by atoms with E-state index in [2.05, 4.69) is 46.7 Å². The van der Waals surface area contributed by atoms with Crippen molar-refractivity contribution in [3.8, 4) is 28.8 Å². The van der Waals surface area contributed by atoms with Gasteiger partial charge in [-0.3, -0.25) is 14.5 Å². The smallest absolute Gasteiger partial charge is 0.255 e. The van der Waals surface area contributed by atoms with Crippen LogP contribution < -0.4 is 9.64 Å². The van der Waals surface area contributed by atoms with Crippen LogP contribution in [-0.4, -0.2) is 105 Å². The number of aromatic nitrogens is 2. The zero-order valence-corrected chi connectivity index (χ0v) is 41.0. The van der Waals surface area contributed by atoms with Gasteiger partial charge in [-0.1, -0.05) is 36.4 Å². The molecule has 13 nitrogen and oxygen atoms in total. The minimum atomic E-state index is -0.621. The summed E-state index contributed by atoms with van der Waals surface area (Å²) in [4.78, 5) is 36.5. The first-order valence-electron chi connectivity index (χ1n) is 24.0. The Hall–Kier alpha value is -6.85. The highest BCUT2D eigenvalue weighted by atomic mass is 16.5. The van der Waals surface area contributed by atoms with E-state index < -0.39 is 6.10 Å². The number of nitrogens with zero attached hydrogens (tertiary/aromatic N) is 7. The van der Waals surface area contributed by atoms with Crippen LogP contribution in [0.3, 0.4) is 0 Å². The number of hydrogen-bond donors (Lipinski definition) is 2. The fourth-order valence-corrected chi connectivity index (χ4v) is 9.77. The van der Waals surface area contributed by atoms with E-state index in [0.717, 1.165) is 101 Å². The second-order valence-electron chi connectivity index (χ2n) is 18.7. The molecule has 0 aliphatic carbocycles. The van der Waals surface area contributed by atoms with Gasteiger partial charge in [-0.05, 0) is 129 Å². The van der Waals surface area contributed by atoms with Crippen LogP contribution in [-0.2, 0) is 56.0 Å². The summed E-state index contributed by atoms with van der Waals surface area (Å²) in [7, 11) is 5.81. The summed E-state index contributed by atoms with van der Waals surface area (Å²) < 4.78 is 15.3. The quantitative estimate of drug-likeness (QED) is 0.132. The van der Waals surface area contributed by atoms with E-state index in [-0.39, 0.29) is 23.6 Å². The van der Waals surface area contributed by atoms with E-state index in [0.29, 0.717) is 50.3 Å². The molecule has 2 atom stereocenters. The van der Waals surface area contributed by atoms with Crippen molar-refractivity contribution in [1.82, 2.24) is 23.8 Å². The van der Waals surface area contributed by atoms with Gasteiger partial charge < -0.3 is 43.5 Å². The number of phenols is 1. The Labute approximate surface area is 406 Å². The maximum atomic E-state index is 14.6. The van der Waals surface area contributed by atoms with Crippen LogP contribution in [0.1, 0.15) is 80.8 Å². The molecule has 2 N–H and O–H groups in total. The highest BCUT2D eigenvalue weighted by molar-refractivity contribution is 6.01. The van der Waals surface area contributed by atoms with Crippen LogP contribution >= 0.6 is 0 Å². The molecular weight excluding hydrogens is 867 g/mol. The summed E-state index contributed by atoms with van der Waals surface area (Å²) in [6, 6.07) is 33.5. The molecule has 0 spiro atoms. The first-order valence-corrected chi connectivity index (χ1v) is 24.0. The molecule has 2 unspecified atom stereocenters. The van der Waals surface area contributed by atoms with E-state index in [1.54, 1.807) is 19.1 Å². The molecule has 0 radical (unpaired) electrons. The number of amides is 2. The largest absolute Gasteiger partial charge is 0.508 e. The molecule has 1 saturated heterocycles. The van der Waals surface area contributed by atoms with Gasteiger partial charge in [-0.15, -0.1) is 0 Å². The van der Waals surface area contributed by atoms with Crippen molar-refractivity contribution < 1.29 is 29.3 Å². The van der Waals surface area contributed by atoms with Crippen molar-refractivity contribution >= 4 is 23.2 Å². The first kappa shape index (κ1) is 48.6. The van der Waals surface area contributed by atoms with Gasteiger partial charge >= 0.3 is 0 Å². The fourth-order valence-electron chi connectivity index (χ4n) is 9.77. The Kier molecular flexibility index (Phi) is 14.9. The Morgan fingerprint density at radius 2 is 1.58 bits per heavy atom. The van der Waals surface area contributed by atoms with Gasteiger partial charge in [-0.2, -0.15) is 5.26 Å². The number of phenolic OH excluding ortho intramolecular Hbond substituents is 1. The molecule has 5 heterocycles. The normalized spacial score (nSPS) is 16.1. The van der Waals surface area contributed by atoms with Crippen LogP contribution in [0.2, 0.25) is 0 Å². The van der Waals surface area contributed by atoms with E-state index >= 15 is 0 Å². The van der Waals surface area contributed by atoms with Gasteiger partial charge in [0.15, 0.2) is 0 Å². The monoisotopic (exact) mass is 931 g/mol. The molecule has 360 valence electrons. The number of fused-ring (bicyclic) bond motifs is 2. The Morgan fingerprint density at radius 3 is 2.25 bits per heavy atom. The molecule has 2 aromatic heterocycles. The van der Waals surface area contributed by atoms with Crippen molar-refractivity contribution in [3.63, 3.8) is 0 Å². The van der Waals surface area contributed by atoms with E-state index in [1.165, 1.54) is 11.1 Å². The van der Waals surface area contributed by atoms with Crippen LogP contribution in [0.15, 0.2) is 97.1 Å². The van der Waals surface area contributed by atoms with Gasteiger partial charge in [0.1, 0.15) is 29.9 Å². The molecular formula is C56H65N7O6. The number of nitriles is 1. The summed E-state index contributed by atoms with van der Waals surface area (Å²) in [5, 5.41) is 28.8. The molecule has 69 heavy (non-hydrogen) atoms. The van der Waals surface area contributed by atoms with Crippen molar-refractivity contribution in [1.29, 1.82) is 5.26 Å². The summed E-state index contributed by atoms with van der Waals surface area (Å²) in [5.74, 6) is 1.11. The molecule has 6 aromatic rings. The topological polar surface area (TPSA) is 140 Å². The predicted octanol–water partition coefficient (Wildman–Crippen LogP) is 8.16. The summed E-state index contributed by atoms with van der Waals surface area (Å²) in [5.41, 5.74) is 13.4. The molecule has 4 aromatic carbocycles. The average molecular weight is 932 g/mol. The van der Waals surface area contributed by atoms with Gasteiger partial charge in [0.2, 0.25) is 5.91 Å². The fraction of sp³-hybridized carbons (Fsp3) is 0.375. The van der Waals surface area contributed by atoms with E-state index in [4.69, 9.17) is 14.7 Å². The lowest BCUT2D eigenvalue weighted by Gasteiger charge is -2.36. The summed E-state index contributed by atoms with van der Waals surface area (Å²) in [6.07, 6.45) is 1.20. The SMILES string of the molecule is Cc1c(C(C)O)cc(-c2cc3c(cc2C(=O)N2Cc4ccccc4CC2C)CN(C(=O)Cc2ccc(OCCN4CCOCC4)cc2)CC3)n1C.Cc1c(N(C)c2ccc(O)cc2)cc(C#N)n1C. The van der Waals surface area contributed by atoms with Crippen molar-refractivity contribution in [3.05, 3.63) is 153 Å². The first-order chi connectivity index (χ1) is 33.2. The number of carbonyl (C=O) groups is 2. The maximum Gasteiger partial charge on any atom is 0.255 e. The molecule has 3 aliphatic heterocycles. The number of anilines is 2. The Morgan fingerprint density at radius 1 is 0.870 bits per heavy atom. The molecule has 3 aliphatic rings. The van der Waals surface area contributed by atoms with Crippen LogP contribution in [0, 0.1) is 25.2 Å². The molecule has 0 saturated carbocycles. The third kappa shape index (κ3) is 10.7. The zero-order chi connectivity index (χ0) is 48.9.